The van der Waals surface area contributed by atoms with Gasteiger partial charge in [-0.25, -0.2) is 4.79 Å². The van der Waals surface area contributed by atoms with Gasteiger partial charge in [0.1, 0.15) is 6.29 Å². The molecule has 0 aromatic heterocycles. The number of aldehydes is 1. The number of carbonyl (C=O) groups is 2. The third-order valence-corrected chi connectivity index (χ3v) is 10.8. The van der Waals surface area contributed by atoms with E-state index >= 15 is 0 Å². The Kier molecular flexibility index (Phi) is 7.66. The Morgan fingerprint density at radius 2 is 1.66 bits per heavy atom. The lowest BCUT2D eigenvalue weighted by molar-refractivity contribution is -0.104. The van der Waals surface area contributed by atoms with Crippen molar-refractivity contribution in [1.29, 1.82) is 0 Å². The van der Waals surface area contributed by atoms with E-state index in [0.29, 0.717) is 6.29 Å². The number of rotatable bonds is 7. The Morgan fingerprint density at radius 1 is 1.09 bits per heavy atom. The van der Waals surface area contributed by atoms with Crippen LogP contribution in [0, 0.1) is 0 Å². The van der Waals surface area contributed by atoms with Crippen LogP contribution < -0.4 is 10.4 Å². The van der Waals surface area contributed by atoms with Crippen LogP contribution >= 0.6 is 0 Å². The summed E-state index contributed by atoms with van der Waals surface area (Å²) in [5, 5.41) is 11.7. The summed E-state index contributed by atoms with van der Waals surface area (Å²) in [6.07, 6.45) is 1.67. The molecule has 0 spiro atoms. The van der Waals surface area contributed by atoms with Gasteiger partial charge in [-0.1, -0.05) is 87.5 Å². The number of hydrogen-bond acceptors (Lipinski definition) is 4. The van der Waals surface area contributed by atoms with Crippen LogP contribution in [0.3, 0.4) is 0 Å². The molecule has 2 aromatic carbocycles. The van der Waals surface area contributed by atoms with E-state index in [0.717, 1.165) is 10.4 Å². The Balaban J connectivity index is 1.96. The zero-order chi connectivity index (χ0) is 23.2. The number of benzene rings is 2. The van der Waals surface area contributed by atoms with Crippen LogP contribution in [0.25, 0.3) is 0 Å². The minimum atomic E-state index is -2.75. The van der Waals surface area contributed by atoms with Crippen LogP contribution in [0.2, 0.25) is 5.04 Å². The summed E-state index contributed by atoms with van der Waals surface area (Å²) >= 11 is 0. The van der Waals surface area contributed by atoms with Crippen molar-refractivity contribution in [3.8, 4) is 0 Å². The van der Waals surface area contributed by atoms with E-state index in [-0.39, 0.29) is 24.7 Å². The Bertz CT molecular complexity index is 887. The van der Waals surface area contributed by atoms with Crippen molar-refractivity contribution >= 4 is 31.1 Å². The number of ether oxygens (including phenoxy) is 1. The zero-order valence-corrected chi connectivity index (χ0v) is 19.8. The van der Waals surface area contributed by atoms with E-state index in [1.54, 1.807) is 6.08 Å². The van der Waals surface area contributed by atoms with Gasteiger partial charge in [0, 0.05) is 0 Å². The van der Waals surface area contributed by atoms with Gasteiger partial charge in [-0.05, 0) is 21.5 Å². The summed E-state index contributed by atoms with van der Waals surface area (Å²) in [5.41, 5.74) is 0. The van der Waals surface area contributed by atoms with Gasteiger partial charge in [-0.15, -0.1) is 0 Å². The van der Waals surface area contributed by atoms with Crippen LogP contribution in [0.4, 0.5) is 4.79 Å². The summed E-state index contributed by atoms with van der Waals surface area (Å²) in [7, 11) is -2.75. The summed E-state index contributed by atoms with van der Waals surface area (Å²) in [5.74, 6) is 0. The minimum absolute atomic E-state index is 0.187. The fourth-order valence-electron chi connectivity index (χ4n) is 4.37. The standard InChI is InChI=1S/C25H31NO5Si/c1-25(2,3)32(22-12-6-4-7-13-22,23-14-8-5-9-15-23)30-19-21-18-26(24(28)29)17-20(31-21)11-10-16-27/h4-16,20-21H,17-19H2,1-3H3,(H,28,29)/b11-10+/t20?,21-/m0/s1. The third kappa shape index (κ3) is 5.18. The van der Waals surface area contributed by atoms with Gasteiger partial charge in [-0.2, -0.15) is 0 Å². The van der Waals surface area contributed by atoms with Crippen molar-refractivity contribution in [3.05, 3.63) is 72.8 Å². The Labute approximate surface area is 190 Å². The van der Waals surface area contributed by atoms with Crippen molar-refractivity contribution < 1.29 is 23.9 Å². The molecular formula is C25H31NO5Si. The molecule has 0 bridgehead atoms. The number of hydrogen-bond donors (Lipinski definition) is 1. The quantitative estimate of drug-likeness (QED) is 0.396. The van der Waals surface area contributed by atoms with Crippen molar-refractivity contribution in [2.75, 3.05) is 19.7 Å². The molecule has 3 rings (SSSR count). The first-order chi connectivity index (χ1) is 15.3. The maximum atomic E-state index is 11.7. The fraction of sp³-hybridized carbons (Fsp3) is 0.360. The van der Waals surface area contributed by atoms with Crippen molar-refractivity contribution in [3.63, 3.8) is 0 Å². The van der Waals surface area contributed by atoms with Crippen LogP contribution in [-0.2, 0) is 14.0 Å². The highest BCUT2D eigenvalue weighted by Gasteiger charge is 2.50. The number of carbonyl (C=O) groups excluding carboxylic acids is 1. The lowest BCUT2D eigenvalue weighted by Crippen LogP contribution is -2.67. The molecule has 1 aliphatic heterocycles. The first-order valence-corrected chi connectivity index (χ1v) is 12.7. The molecular weight excluding hydrogens is 422 g/mol. The second-order valence-corrected chi connectivity index (χ2v) is 13.3. The summed E-state index contributed by atoms with van der Waals surface area (Å²) < 4.78 is 13.0. The van der Waals surface area contributed by atoms with E-state index in [2.05, 4.69) is 45.0 Å². The van der Waals surface area contributed by atoms with Crippen LogP contribution in [0.5, 0.6) is 0 Å². The van der Waals surface area contributed by atoms with Crippen molar-refractivity contribution in [2.45, 2.75) is 38.0 Å². The molecule has 2 atom stereocenters. The molecule has 1 saturated heterocycles. The monoisotopic (exact) mass is 453 g/mol. The van der Waals surface area contributed by atoms with E-state index in [1.165, 1.54) is 11.0 Å². The molecule has 1 fully saturated rings. The molecule has 0 saturated carbocycles. The number of allylic oxidation sites excluding steroid dienone is 1. The van der Waals surface area contributed by atoms with Crippen molar-refractivity contribution in [2.24, 2.45) is 0 Å². The van der Waals surface area contributed by atoms with Gasteiger partial charge >= 0.3 is 6.09 Å². The highest BCUT2D eigenvalue weighted by molar-refractivity contribution is 6.99. The number of amides is 1. The highest BCUT2D eigenvalue weighted by atomic mass is 28.4. The van der Waals surface area contributed by atoms with Gasteiger partial charge in [0.2, 0.25) is 0 Å². The minimum Gasteiger partial charge on any atom is -0.465 e. The maximum Gasteiger partial charge on any atom is 0.407 e. The largest absolute Gasteiger partial charge is 0.465 e. The topological polar surface area (TPSA) is 76.1 Å². The first-order valence-electron chi connectivity index (χ1n) is 10.8. The number of nitrogens with zero attached hydrogens (tertiary/aromatic N) is 1. The fourth-order valence-corrected chi connectivity index (χ4v) is 8.97. The summed E-state index contributed by atoms with van der Waals surface area (Å²) in [6, 6.07) is 20.6. The smallest absolute Gasteiger partial charge is 0.407 e. The molecule has 7 heteroatoms. The average molecular weight is 454 g/mol. The second-order valence-electron chi connectivity index (χ2n) is 8.98. The van der Waals surface area contributed by atoms with Gasteiger partial charge in [0.25, 0.3) is 8.32 Å². The van der Waals surface area contributed by atoms with Crippen LogP contribution in [-0.4, -0.2) is 62.6 Å². The molecule has 6 nitrogen and oxygen atoms in total. The van der Waals surface area contributed by atoms with Gasteiger partial charge in [-0.3, -0.25) is 4.79 Å². The number of carboxylic acid groups (broad SMARTS) is 1. The average Bonchev–Trinajstić information content (AvgIpc) is 2.78. The van der Waals surface area contributed by atoms with E-state index in [9.17, 15) is 14.7 Å². The predicted octanol–water partition coefficient (Wildman–Crippen LogP) is 3.07. The lowest BCUT2D eigenvalue weighted by Gasteiger charge is -2.44. The Morgan fingerprint density at radius 3 is 2.12 bits per heavy atom. The van der Waals surface area contributed by atoms with Gasteiger partial charge in [0.15, 0.2) is 0 Å². The Hall–Kier alpha value is -2.74. The molecule has 0 aliphatic carbocycles. The van der Waals surface area contributed by atoms with Gasteiger partial charge < -0.3 is 19.2 Å². The molecule has 2 aromatic rings. The molecule has 170 valence electrons. The summed E-state index contributed by atoms with van der Waals surface area (Å²) in [4.78, 5) is 23.7. The van der Waals surface area contributed by atoms with E-state index in [1.807, 2.05) is 36.4 Å². The third-order valence-electron chi connectivity index (χ3n) is 5.77. The maximum absolute atomic E-state index is 11.7. The van der Waals surface area contributed by atoms with E-state index in [4.69, 9.17) is 9.16 Å². The normalized spacial score (nSPS) is 19.8. The first kappa shape index (κ1) is 23.9. The molecule has 1 aliphatic rings. The molecule has 1 unspecified atom stereocenters. The molecule has 0 radical (unpaired) electrons. The van der Waals surface area contributed by atoms with Crippen LogP contribution in [0.1, 0.15) is 20.8 Å². The highest BCUT2D eigenvalue weighted by Crippen LogP contribution is 2.37. The predicted molar refractivity (Wildman–Crippen MR) is 127 cm³/mol. The molecule has 1 heterocycles. The molecule has 1 N–H and O–H groups in total. The SMILES string of the molecule is CC(C)(C)[Si](OC[C@@H]1CN(C(=O)O)CC(/C=C/C=O)O1)(c1ccccc1)c1ccccc1. The lowest BCUT2D eigenvalue weighted by atomic mass is 10.2. The van der Waals surface area contributed by atoms with Crippen molar-refractivity contribution in [1.82, 2.24) is 4.90 Å². The molecule has 1 amide bonds. The second kappa shape index (κ2) is 10.2. The summed E-state index contributed by atoms with van der Waals surface area (Å²) in [6.45, 7) is 7.25. The van der Waals surface area contributed by atoms with Gasteiger partial charge in [0.05, 0.1) is 31.9 Å². The molecule has 32 heavy (non-hydrogen) atoms. The van der Waals surface area contributed by atoms with Crippen LogP contribution in [0.15, 0.2) is 72.8 Å². The zero-order valence-electron chi connectivity index (χ0n) is 18.8. The van der Waals surface area contributed by atoms with E-state index < -0.39 is 26.6 Å². The number of morpholine rings is 1.